The highest BCUT2D eigenvalue weighted by Crippen LogP contribution is 2.20. The zero-order valence-corrected chi connectivity index (χ0v) is 6.68. The number of hydrogen-bond acceptors (Lipinski definition) is 2. The van der Waals surface area contributed by atoms with Crippen LogP contribution in [0.3, 0.4) is 0 Å². The lowest BCUT2D eigenvalue weighted by atomic mass is 10.0. The van der Waals surface area contributed by atoms with E-state index in [4.69, 9.17) is 0 Å². The fourth-order valence-electron chi connectivity index (χ4n) is 1.22. The van der Waals surface area contributed by atoms with E-state index in [1.165, 1.54) is 0 Å². The lowest BCUT2D eigenvalue weighted by Crippen LogP contribution is -2.30. The van der Waals surface area contributed by atoms with E-state index in [9.17, 15) is 9.59 Å². The van der Waals surface area contributed by atoms with E-state index in [0.29, 0.717) is 6.42 Å². The number of carbonyl (C=O) groups is 2. The standard InChI is InChI=1S/C8H11NO2/c1-5-3-6(7(10)4-5)8(11)9-2/h4,6H,3H2,1-2H3,(H,9,11). The topological polar surface area (TPSA) is 46.2 Å². The number of carbonyl (C=O) groups excluding carboxylic acids is 2. The Morgan fingerprint density at radius 3 is 2.73 bits per heavy atom. The Balaban J connectivity index is 2.67. The van der Waals surface area contributed by atoms with Crippen LogP contribution in [-0.2, 0) is 9.59 Å². The average molecular weight is 153 g/mol. The van der Waals surface area contributed by atoms with Crippen molar-refractivity contribution in [3.63, 3.8) is 0 Å². The maximum atomic E-state index is 11.0. The third kappa shape index (κ3) is 1.48. The Morgan fingerprint density at radius 2 is 2.36 bits per heavy atom. The molecule has 0 saturated heterocycles. The molecule has 1 unspecified atom stereocenters. The highest BCUT2D eigenvalue weighted by molar-refractivity contribution is 6.09. The molecule has 1 aliphatic rings. The van der Waals surface area contributed by atoms with E-state index in [-0.39, 0.29) is 11.7 Å². The van der Waals surface area contributed by atoms with Crippen molar-refractivity contribution in [3.8, 4) is 0 Å². The zero-order valence-electron chi connectivity index (χ0n) is 6.68. The molecule has 0 radical (unpaired) electrons. The van der Waals surface area contributed by atoms with Crippen LogP contribution in [0.15, 0.2) is 11.6 Å². The molecule has 3 heteroatoms. The maximum absolute atomic E-state index is 11.0. The number of rotatable bonds is 1. The van der Waals surface area contributed by atoms with Crippen molar-refractivity contribution in [2.24, 2.45) is 5.92 Å². The first-order valence-electron chi connectivity index (χ1n) is 3.57. The van der Waals surface area contributed by atoms with Crippen molar-refractivity contribution >= 4 is 11.7 Å². The van der Waals surface area contributed by atoms with Crippen LogP contribution >= 0.6 is 0 Å². The number of ketones is 1. The van der Waals surface area contributed by atoms with Crippen LogP contribution in [0.2, 0.25) is 0 Å². The summed E-state index contributed by atoms with van der Waals surface area (Å²) in [4.78, 5) is 22.1. The minimum absolute atomic E-state index is 0.0677. The Kier molecular flexibility index (Phi) is 2.08. The second kappa shape index (κ2) is 2.86. The predicted octanol–water partition coefficient (Wildman–Crippen LogP) is 0.268. The summed E-state index contributed by atoms with van der Waals surface area (Å²) in [7, 11) is 1.54. The van der Waals surface area contributed by atoms with Crippen molar-refractivity contribution in [3.05, 3.63) is 11.6 Å². The molecule has 0 fully saturated rings. The third-order valence-electron chi connectivity index (χ3n) is 1.82. The van der Waals surface area contributed by atoms with Crippen LogP contribution in [0, 0.1) is 5.92 Å². The number of amides is 1. The van der Waals surface area contributed by atoms with Gasteiger partial charge < -0.3 is 5.32 Å². The third-order valence-corrected chi connectivity index (χ3v) is 1.82. The van der Waals surface area contributed by atoms with Gasteiger partial charge in [-0.05, 0) is 19.4 Å². The number of hydrogen-bond donors (Lipinski definition) is 1. The Hall–Kier alpha value is -1.12. The van der Waals surface area contributed by atoms with Crippen LogP contribution in [0.4, 0.5) is 0 Å². The molecule has 3 nitrogen and oxygen atoms in total. The van der Waals surface area contributed by atoms with Gasteiger partial charge in [0.15, 0.2) is 5.78 Å². The molecule has 0 aromatic heterocycles. The van der Waals surface area contributed by atoms with E-state index >= 15 is 0 Å². The van der Waals surface area contributed by atoms with Crippen molar-refractivity contribution in [2.75, 3.05) is 7.05 Å². The summed E-state index contributed by atoms with van der Waals surface area (Å²) in [6.07, 6.45) is 2.12. The zero-order chi connectivity index (χ0) is 8.43. The molecule has 1 N–H and O–H groups in total. The molecule has 1 atom stereocenters. The molecule has 0 aliphatic heterocycles. The molecule has 0 aromatic rings. The van der Waals surface area contributed by atoms with Crippen molar-refractivity contribution < 1.29 is 9.59 Å². The quantitative estimate of drug-likeness (QED) is 0.549. The second-order valence-corrected chi connectivity index (χ2v) is 2.76. The van der Waals surface area contributed by atoms with Gasteiger partial charge in [0.2, 0.25) is 5.91 Å². The van der Waals surface area contributed by atoms with Crippen LogP contribution in [0.5, 0.6) is 0 Å². The Morgan fingerprint density at radius 1 is 1.73 bits per heavy atom. The summed E-state index contributed by atoms with van der Waals surface area (Å²) in [6, 6.07) is 0. The highest BCUT2D eigenvalue weighted by atomic mass is 16.2. The number of allylic oxidation sites excluding steroid dienone is 2. The molecule has 60 valence electrons. The minimum atomic E-state index is -0.458. The van der Waals surface area contributed by atoms with Gasteiger partial charge in [0.1, 0.15) is 5.92 Å². The monoisotopic (exact) mass is 153 g/mol. The largest absolute Gasteiger partial charge is 0.359 e. The fourth-order valence-corrected chi connectivity index (χ4v) is 1.22. The van der Waals surface area contributed by atoms with E-state index < -0.39 is 5.92 Å². The van der Waals surface area contributed by atoms with Gasteiger partial charge in [0, 0.05) is 7.05 Å². The molecule has 0 spiro atoms. The SMILES string of the molecule is CNC(=O)C1CC(C)=CC1=O. The average Bonchev–Trinajstić information content (AvgIpc) is 2.28. The van der Waals surface area contributed by atoms with Crippen LogP contribution in [0.1, 0.15) is 13.3 Å². The van der Waals surface area contributed by atoms with E-state index in [0.717, 1.165) is 5.57 Å². The summed E-state index contributed by atoms with van der Waals surface area (Å²) < 4.78 is 0. The van der Waals surface area contributed by atoms with Gasteiger partial charge in [-0.1, -0.05) is 5.57 Å². The summed E-state index contributed by atoms with van der Waals surface area (Å²) >= 11 is 0. The summed E-state index contributed by atoms with van der Waals surface area (Å²) in [6.45, 7) is 1.86. The first-order valence-corrected chi connectivity index (χ1v) is 3.57. The summed E-state index contributed by atoms with van der Waals surface area (Å²) in [5, 5.41) is 2.46. The summed E-state index contributed by atoms with van der Waals surface area (Å²) in [5.41, 5.74) is 0.989. The smallest absolute Gasteiger partial charge is 0.231 e. The molecule has 1 amide bonds. The Labute approximate surface area is 65.5 Å². The van der Waals surface area contributed by atoms with Crippen LogP contribution in [-0.4, -0.2) is 18.7 Å². The minimum Gasteiger partial charge on any atom is -0.359 e. The van der Waals surface area contributed by atoms with Crippen LogP contribution < -0.4 is 5.32 Å². The molecule has 0 heterocycles. The van der Waals surface area contributed by atoms with E-state index in [1.54, 1.807) is 13.1 Å². The summed E-state index contributed by atoms with van der Waals surface area (Å²) in [5.74, 6) is -0.704. The molecule has 1 aliphatic carbocycles. The molecule has 0 bridgehead atoms. The van der Waals surface area contributed by atoms with Crippen molar-refractivity contribution in [2.45, 2.75) is 13.3 Å². The lowest BCUT2D eigenvalue weighted by molar-refractivity contribution is -0.130. The van der Waals surface area contributed by atoms with Gasteiger partial charge in [-0.2, -0.15) is 0 Å². The predicted molar refractivity (Wildman–Crippen MR) is 40.9 cm³/mol. The molecule has 0 aromatic carbocycles. The Bertz CT molecular complexity index is 230. The van der Waals surface area contributed by atoms with Gasteiger partial charge >= 0.3 is 0 Å². The maximum Gasteiger partial charge on any atom is 0.231 e. The van der Waals surface area contributed by atoms with Gasteiger partial charge in [0.05, 0.1) is 0 Å². The van der Waals surface area contributed by atoms with E-state index in [2.05, 4.69) is 5.32 Å². The molecular weight excluding hydrogens is 142 g/mol. The first-order chi connectivity index (χ1) is 5.15. The van der Waals surface area contributed by atoms with Gasteiger partial charge in [0.25, 0.3) is 0 Å². The molecular formula is C8H11NO2. The molecule has 1 rings (SSSR count). The van der Waals surface area contributed by atoms with Gasteiger partial charge in [-0.3, -0.25) is 9.59 Å². The van der Waals surface area contributed by atoms with Gasteiger partial charge in [-0.25, -0.2) is 0 Å². The molecule has 11 heavy (non-hydrogen) atoms. The first kappa shape index (κ1) is 7.98. The van der Waals surface area contributed by atoms with Crippen molar-refractivity contribution in [1.29, 1.82) is 0 Å². The number of nitrogens with one attached hydrogen (secondary N) is 1. The molecule has 0 saturated carbocycles. The van der Waals surface area contributed by atoms with Crippen molar-refractivity contribution in [1.82, 2.24) is 5.32 Å². The van der Waals surface area contributed by atoms with E-state index in [1.807, 2.05) is 6.92 Å². The van der Waals surface area contributed by atoms with Crippen LogP contribution in [0.25, 0.3) is 0 Å². The lowest BCUT2D eigenvalue weighted by Gasteiger charge is -2.04. The fraction of sp³-hybridized carbons (Fsp3) is 0.500. The highest BCUT2D eigenvalue weighted by Gasteiger charge is 2.28. The second-order valence-electron chi connectivity index (χ2n) is 2.76. The van der Waals surface area contributed by atoms with Gasteiger partial charge in [-0.15, -0.1) is 0 Å². The normalized spacial score (nSPS) is 23.3.